The second-order valence-electron chi connectivity index (χ2n) is 6.73. The maximum absolute atomic E-state index is 13.3. The number of halogens is 1. The zero-order chi connectivity index (χ0) is 22.2. The van der Waals surface area contributed by atoms with Crippen LogP contribution in [0, 0.1) is 0 Å². The Labute approximate surface area is 187 Å². The number of fused-ring (bicyclic) bond motifs is 1. The first kappa shape index (κ1) is 21.0. The highest BCUT2D eigenvalue weighted by atomic mass is 79.9. The molecule has 1 aliphatic rings. The molecule has 0 atom stereocenters. The fraction of sp³-hybridized carbons (Fsp3) is 0.0455. The van der Waals surface area contributed by atoms with Gasteiger partial charge in [-0.15, -0.1) is 0 Å². The molecule has 0 N–H and O–H groups in total. The minimum absolute atomic E-state index is 0.0871. The minimum atomic E-state index is -4.24. The first-order valence-electron chi connectivity index (χ1n) is 9.16. The van der Waals surface area contributed by atoms with Gasteiger partial charge in [-0.05, 0) is 35.6 Å². The summed E-state index contributed by atoms with van der Waals surface area (Å²) in [6.45, 7) is 4.15. The molecule has 156 valence electrons. The van der Waals surface area contributed by atoms with Gasteiger partial charge in [-0.3, -0.25) is 4.79 Å². The lowest BCUT2D eigenvalue weighted by atomic mass is 9.91. The van der Waals surface area contributed by atoms with E-state index in [9.17, 15) is 18.3 Å². The maximum Gasteiger partial charge on any atom is 0.283 e. The van der Waals surface area contributed by atoms with Crippen LogP contribution < -0.4 is 9.67 Å². The summed E-state index contributed by atoms with van der Waals surface area (Å²) in [6, 6.07) is 12.2. The molecule has 0 spiro atoms. The third-order valence-electron chi connectivity index (χ3n) is 4.68. The molecule has 9 heteroatoms. The van der Waals surface area contributed by atoms with Gasteiger partial charge in [0.25, 0.3) is 10.0 Å². The highest BCUT2D eigenvalue weighted by Crippen LogP contribution is 2.30. The Bertz CT molecular complexity index is 1370. The number of carbonyl (C=O) groups is 1. The van der Waals surface area contributed by atoms with Crippen LogP contribution >= 0.6 is 15.9 Å². The monoisotopic (exact) mass is 497 g/mol. The number of carbonyl (C=O) groups excluding carboxylic acids is 1. The van der Waals surface area contributed by atoms with Crippen molar-refractivity contribution >= 4 is 48.9 Å². The number of hydrogen-bond donors (Lipinski definition) is 0. The molecule has 1 aliphatic carbocycles. The van der Waals surface area contributed by atoms with E-state index in [1.165, 1.54) is 28.8 Å². The number of imidazole rings is 1. The van der Waals surface area contributed by atoms with E-state index in [2.05, 4.69) is 26.9 Å². The van der Waals surface area contributed by atoms with Gasteiger partial charge in [-0.25, -0.2) is 9.13 Å². The molecule has 0 saturated heterocycles. The van der Waals surface area contributed by atoms with Crippen LogP contribution in [0.5, 0.6) is 0 Å². The minimum Gasteiger partial charge on any atom is -0.869 e. The van der Waals surface area contributed by atoms with E-state index >= 15 is 0 Å². The van der Waals surface area contributed by atoms with E-state index in [0.29, 0.717) is 11.0 Å². The number of nitrogens with zero attached hydrogens (tertiary/aromatic N) is 3. The number of aromatic nitrogens is 2. The van der Waals surface area contributed by atoms with Crippen LogP contribution in [0.3, 0.4) is 0 Å². The van der Waals surface area contributed by atoms with Gasteiger partial charge in [-0.2, -0.15) is 12.8 Å². The highest BCUT2D eigenvalue weighted by Gasteiger charge is 2.33. The van der Waals surface area contributed by atoms with Gasteiger partial charge < -0.3 is 5.11 Å². The topological polar surface area (TPSA) is 95.4 Å². The van der Waals surface area contributed by atoms with Crippen LogP contribution in [0.4, 0.5) is 0 Å². The van der Waals surface area contributed by atoms with Crippen LogP contribution in [-0.4, -0.2) is 24.5 Å². The summed E-state index contributed by atoms with van der Waals surface area (Å²) in [5.74, 6) is -1.11. The average molecular weight is 498 g/mol. The Kier molecular flexibility index (Phi) is 5.47. The predicted octanol–water partition coefficient (Wildman–Crippen LogP) is 2.44. The zero-order valence-corrected chi connectivity index (χ0v) is 18.5. The fourth-order valence-electron chi connectivity index (χ4n) is 3.24. The Morgan fingerprint density at radius 2 is 1.81 bits per heavy atom. The van der Waals surface area contributed by atoms with Crippen LogP contribution in [0.1, 0.15) is 15.9 Å². The fourth-order valence-corrected chi connectivity index (χ4v) is 4.50. The summed E-state index contributed by atoms with van der Waals surface area (Å²) in [5.41, 5.74) is -0.223. The summed E-state index contributed by atoms with van der Waals surface area (Å²) in [6.07, 6.45) is 6.51. The normalized spacial score (nSPS) is 15.3. The lowest BCUT2D eigenvalue weighted by molar-refractivity contribution is -0.686. The molecule has 0 bridgehead atoms. The van der Waals surface area contributed by atoms with E-state index in [-0.39, 0.29) is 21.7 Å². The number of rotatable bonds is 5. The third-order valence-corrected chi connectivity index (χ3v) is 6.50. The Morgan fingerprint density at radius 3 is 2.48 bits per heavy atom. The Hall–Kier alpha value is -3.30. The maximum atomic E-state index is 13.3. The van der Waals surface area contributed by atoms with Crippen molar-refractivity contribution in [2.45, 2.75) is 11.4 Å². The number of benzene rings is 2. The van der Waals surface area contributed by atoms with Crippen molar-refractivity contribution in [3.05, 3.63) is 95.5 Å². The summed E-state index contributed by atoms with van der Waals surface area (Å²) in [7, 11) is -4.24. The van der Waals surface area contributed by atoms with Crippen molar-refractivity contribution in [3.8, 4) is 0 Å². The molecule has 0 saturated carbocycles. The van der Waals surface area contributed by atoms with E-state index < -0.39 is 27.3 Å². The van der Waals surface area contributed by atoms with Gasteiger partial charge >= 0.3 is 0 Å². The number of Topliss-reactive ketones (excluding diaryl/α,β-unsaturated/α-hetero) is 1. The van der Waals surface area contributed by atoms with E-state index in [4.69, 9.17) is 0 Å². The average Bonchev–Trinajstić information content (AvgIpc) is 3.20. The van der Waals surface area contributed by atoms with Crippen molar-refractivity contribution < 1.29 is 22.9 Å². The molecule has 31 heavy (non-hydrogen) atoms. The Morgan fingerprint density at radius 1 is 1.13 bits per heavy atom. The number of allylic oxidation sites excluding steroid dienone is 2. The number of hydrogen-bond acceptors (Lipinski definition) is 4. The van der Waals surface area contributed by atoms with Crippen molar-refractivity contribution in [3.63, 3.8) is 0 Å². The summed E-state index contributed by atoms with van der Waals surface area (Å²) < 4.78 is 33.6. The lowest BCUT2D eigenvalue weighted by Crippen LogP contribution is -2.32. The molecule has 0 fully saturated rings. The molecule has 3 aromatic rings. The highest BCUT2D eigenvalue weighted by molar-refractivity contribution is 9.10. The van der Waals surface area contributed by atoms with Crippen molar-refractivity contribution in [2.24, 2.45) is 4.40 Å². The van der Waals surface area contributed by atoms with Crippen LogP contribution in [0.25, 0.3) is 11.5 Å². The van der Waals surface area contributed by atoms with Gasteiger partial charge in [0.1, 0.15) is 18.9 Å². The smallest absolute Gasteiger partial charge is 0.283 e. The molecule has 4 rings (SSSR count). The Balaban J connectivity index is 1.95. The standard InChI is InChI=1S/C22H16BrN3O4S/c1-2-11-25-12-13-26(14-25)20-19(21(27)17-5-3-4-6-18(17)22(20)28)24-31(29,30)16-9-7-15(23)8-10-16/h2-10,12-14H,1,11H2. The van der Waals surface area contributed by atoms with Crippen LogP contribution in [0.15, 0.2) is 93.7 Å². The quantitative estimate of drug-likeness (QED) is 0.399. The summed E-state index contributed by atoms with van der Waals surface area (Å²) in [5, 5.41) is 13.3. The number of sulfonamides is 1. The first-order chi connectivity index (χ1) is 14.8. The molecule has 0 unspecified atom stereocenters. The summed E-state index contributed by atoms with van der Waals surface area (Å²) >= 11 is 3.26. The SMILES string of the molecule is C=CC[n+]1ccn(C2=C([O-])c3ccccc3C(=O)/C2=N\S(=O)(=O)c2ccc(Br)cc2)c1. The van der Waals surface area contributed by atoms with E-state index in [1.807, 2.05) is 0 Å². The third kappa shape index (κ3) is 3.89. The molecular formula is C22H16BrN3O4S. The first-order valence-corrected chi connectivity index (χ1v) is 11.4. The van der Waals surface area contributed by atoms with E-state index in [1.54, 1.807) is 53.6 Å². The molecule has 0 radical (unpaired) electrons. The largest absolute Gasteiger partial charge is 0.869 e. The lowest BCUT2D eigenvalue weighted by Gasteiger charge is -2.24. The van der Waals surface area contributed by atoms with Gasteiger partial charge in [-0.1, -0.05) is 52.9 Å². The van der Waals surface area contributed by atoms with Gasteiger partial charge in [0.05, 0.1) is 4.90 Å². The molecule has 2 aromatic carbocycles. The predicted molar refractivity (Wildman–Crippen MR) is 117 cm³/mol. The molecule has 7 nitrogen and oxygen atoms in total. The molecule has 0 amide bonds. The molecule has 0 aliphatic heterocycles. The van der Waals surface area contributed by atoms with Crippen LogP contribution in [-0.2, 0) is 16.6 Å². The second-order valence-corrected chi connectivity index (χ2v) is 9.25. The number of ketones is 1. The summed E-state index contributed by atoms with van der Waals surface area (Å²) in [4.78, 5) is 13.1. The van der Waals surface area contributed by atoms with Gasteiger partial charge in [0.2, 0.25) is 12.1 Å². The molecular weight excluding hydrogens is 482 g/mol. The van der Waals surface area contributed by atoms with Gasteiger partial charge in [0, 0.05) is 10.0 Å². The van der Waals surface area contributed by atoms with Crippen molar-refractivity contribution in [2.75, 3.05) is 0 Å². The zero-order valence-electron chi connectivity index (χ0n) is 16.1. The molecule has 1 aromatic heterocycles. The molecule has 1 heterocycles. The van der Waals surface area contributed by atoms with Crippen molar-refractivity contribution in [1.82, 2.24) is 4.57 Å². The van der Waals surface area contributed by atoms with Crippen LogP contribution in [0.2, 0.25) is 0 Å². The van der Waals surface area contributed by atoms with E-state index in [0.717, 1.165) is 0 Å². The second kappa shape index (κ2) is 8.09. The van der Waals surface area contributed by atoms with Crippen molar-refractivity contribution in [1.29, 1.82) is 0 Å². The van der Waals surface area contributed by atoms with Gasteiger partial charge in [0.15, 0.2) is 11.4 Å².